The molecule has 0 bridgehead atoms. The maximum Gasteiger partial charge on any atom is 0.260 e. The van der Waals surface area contributed by atoms with Crippen molar-refractivity contribution in [3.05, 3.63) is 53.6 Å². The summed E-state index contributed by atoms with van der Waals surface area (Å²) < 4.78 is 27.9. The average molecular weight is 489 g/mol. The van der Waals surface area contributed by atoms with Crippen LogP contribution < -0.4 is 4.90 Å². The Kier molecular flexibility index (Phi) is 7.89. The van der Waals surface area contributed by atoms with Crippen LogP contribution >= 0.6 is 11.3 Å². The zero-order chi connectivity index (χ0) is 24.3. The Bertz CT molecular complexity index is 1220. The lowest BCUT2D eigenvalue weighted by molar-refractivity contribution is 0.0985. The average Bonchev–Trinajstić information content (AvgIpc) is 3.22. The molecular weight excluding hydrogens is 456 g/mol. The molecule has 9 heteroatoms. The Hall–Kier alpha value is -2.33. The fraction of sp³-hybridized carbons (Fsp3) is 0.417. The largest absolute Gasteiger partial charge is 0.308 e. The summed E-state index contributed by atoms with van der Waals surface area (Å²) in [4.78, 5) is 22.2. The zero-order valence-electron chi connectivity index (χ0n) is 20.1. The summed E-state index contributed by atoms with van der Waals surface area (Å²) in [5.74, 6) is -0.199. The monoisotopic (exact) mass is 488 g/mol. The lowest BCUT2D eigenvalue weighted by atomic mass is 10.1. The third kappa shape index (κ3) is 5.43. The number of hydrogen-bond acceptors (Lipinski definition) is 6. The maximum atomic E-state index is 13.5. The minimum atomic E-state index is -3.61. The molecule has 0 aliphatic carbocycles. The zero-order valence-corrected chi connectivity index (χ0v) is 21.7. The molecule has 1 amide bonds. The van der Waals surface area contributed by atoms with Gasteiger partial charge in [-0.1, -0.05) is 30.4 Å². The SMILES string of the molecule is CCc1cccc2sc(N(CCN(C)C)C(=O)c3ccc(S(=O)(=O)N(C)C(C)C)cc3)nc12. The number of likely N-dealkylation sites (N-methyl/N-ethyl adjacent to an activating group) is 1. The van der Waals surface area contributed by atoms with Crippen molar-refractivity contribution in [3.63, 3.8) is 0 Å². The molecule has 3 rings (SSSR count). The number of aromatic nitrogens is 1. The molecule has 3 aromatic rings. The first-order valence-corrected chi connectivity index (χ1v) is 13.2. The number of carbonyl (C=O) groups excluding carboxylic acids is 1. The van der Waals surface area contributed by atoms with E-state index in [1.54, 1.807) is 24.1 Å². The first-order chi connectivity index (χ1) is 15.6. The fourth-order valence-corrected chi connectivity index (χ4v) is 5.75. The molecule has 33 heavy (non-hydrogen) atoms. The Morgan fingerprint density at radius 2 is 1.70 bits per heavy atom. The van der Waals surface area contributed by atoms with Gasteiger partial charge < -0.3 is 4.90 Å². The van der Waals surface area contributed by atoms with Crippen molar-refractivity contribution in [2.75, 3.05) is 39.1 Å². The van der Waals surface area contributed by atoms with Crippen molar-refractivity contribution in [3.8, 4) is 0 Å². The highest BCUT2D eigenvalue weighted by Gasteiger charge is 2.25. The van der Waals surface area contributed by atoms with Gasteiger partial charge in [0, 0.05) is 31.7 Å². The van der Waals surface area contributed by atoms with Gasteiger partial charge in [0.05, 0.1) is 15.1 Å². The highest BCUT2D eigenvalue weighted by molar-refractivity contribution is 7.89. The van der Waals surface area contributed by atoms with Crippen LogP contribution in [0.5, 0.6) is 0 Å². The minimum Gasteiger partial charge on any atom is -0.308 e. The first-order valence-electron chi connectivity index (χ1n) is 11.0. The normalized spacial score (nSPS) is 12.3. The Morgan fingerprint density at radius 1 is 1.03 bits per heavy atom. The third-order valence-electron chi connectivity index (χ3n) is 5.62. The highest BCUT2D eigenvalue weighted by Crippen LogP contribution is 2.32. The molecule has 0 spiro atoms. The second-order valence-corrected chi connectivity index (χ2v) is 11.5. The van der Waals surface area contributed by atoms with E-state index in [2.05, 4.69) is 13.0 Å². The molecule has 1 heterocycles. The molecule has 0 fully saturated rings. The third-order valence-corrected chi connectivity index (χ3v) is 8.72. The number of carbonyl (C=O) groups is 1. The quantitative estimate of drug-likeness (QED) is 0.453. The van der Waals surface area contributed by atoms with E-state index in [0.717, 1.165) is 22.2 Å². The predicted molar refractivity (Wildman–Crippen MR) is 136 cm³/mol. The van der Waals surface area contributed by atoms with Crippen LogP contribution in [0.25, 0.3) is 10.2 Å². The van der Waals surface area contributed by atoms with Gasteiger partial charge in [0.2, 0.25) is 10.0 Å². The molecule has 0 saturated heterocycles. The predicted octanol–water partition coefficient (Wildman–Crippen LogP) is 4.10. The summed E-state index contributed by atoms with van der Waals surface area (Å²) in [6.45, 7) is 6.88. The van der Waals surface area contributed by atoms with Crippen molar-refractivity contribution >= 4 is 42.6 Å². The summed E-state index contributed by atoms with van der Waals surface area (Å²) in [6.07, 6.45) is 0.868. The van der Waals surface area contributed by atoms with Gasteiger partial charge in [-0.2, -0.15) is 4.31 Å². The van der Waals surface area contributed by atoms with E-state index >= 15 is 0 Å². The second kappa shape index (κ2) is 10.3. The number of rotatable bonds is 9. The lowest BCUT2D eigenvalue weighted by Gasteiger charge is -2.23. The van der Waals surface area contributed by atoms with Crippen molar-refractivity contribution in [2.45, 2.75) is 38.1 Å². The molecule has 2 aromatic carbocycles. The minimum absolute atomic E-state index is 0.162. The van der Waals surface area contributed by atoms with Gasteiger partial charge in [-0.3, -0.25) is 9.69 Å². The van der Waals surface area contributed by atoms with Crippen LogP contribution in [0.2, 0.25) is 0 Å². The molecule has 1 aromatic heterocycles. The fourth-order valence-electron chi connectivity index (χ4n) is 3.35. The number of nitrogens with zero attached hydrogens (tertiary/aromatic N) is 4. The van der Waals surface area contributed by atoms with E-state index < -0.39 is 10.0 Å². The molecule has 178 valence electrons. The van der Waals surface area contributed by atoms with Gasteiger partial charge in [0.25, 0.3) is 5.91 Å². The molecular formula is C24H32N4O3S2. The number of thiazole rings is 1. The van der Waals surface area contributed by atoms with Crippen molar-refractivity contribution in [2.24, 2.45) is 0 Å². The lowest BCUT2D eigenvalue weighted by Crippen LogP contribution is -2.37. The van der Waals surface area contributed by atoms with Crippen molar-refractivity contribution in [1.29, 1.82) is 0 Å². The standard InChI is InChI=1S/C24H32N4O3S2/c1-7-18-9-8-10-21-22(18)25-24(32-21)28(16-15-26(4)5)23(29)19-11-13-20(14-12-19)33(30,31)27(6)17(2)3/h8-14,17H,7,15-16H2,1-6H3. The molecule has 0 aliphatic rings. The number of aryl methyl sites for hydroxylation is 1. The summed E-state index contributed by atoms with van der Waals surface area (Å²) in [7, 11) is 1.87. The van der Waals surface area contributed by atoms with E-state index in [1.807, 2.05) is 45.0 Å². The number of fused-ring (bicyclic) bond motifs is 1. The molecule has 0 N–H and O–H groups in total. The second-order valence-electron chi connectivity index (χ2n) is 8.51. The molecule has 7 nitrogen and oxygen atoms in total. The summed E-state index contributed by atoms with van der Waals surface area (Å²) >= 11 is 1.50. The van der Waals surface area contributed by atoms with E-state index in [4.69, 9.17) is 4.98 Å². The van der Waals surface area contributed by atoms with Gasteiger partial charge in [-0.15, -0.1) is 0 Å². The number of benzene rings is 2. The number of para-hydroxylation sites is 1. The number of sulfonamides is 1. The van der Waals surface area contributed by atoms with Crippen LogP contribution in [-0.4, -0.2) is 68.8 Å². The maximum absolute atomic E-state index is 13.5. The van der Waals surface area contributed by atoms with Crippen LogP contribution in [-0.2, 0) is 16.4 Å². The van der Waals surface area contributed by atoms with Crippen LogP contribution in [0.15, 0.2) is 47.4 Å². The summed E-state index contributed by atoms with van der Waals surface area (Å²) in [5, 5.41) is 0.647. The van der Waals surface area contributed by atoms with Crippen molar-refractivity contribution in [1.82, 2.24) is 14.2 Å². The first kappa shape index (κ1) is 25.3. The Balaban J connectivity index is 1.96. The molecule has 0 saturated carbocycles. The van der Waals surface area contributed by atoms with Crippen LogP contribution in [0.3, 0.4) is 0 Å². The highest BCUT2D eigenvalue weighted by atomic mass is 32.2. The van der Waals surface area contributed by atoms with E-state index in [9.17, 15) is 13.2 Å². The van der Waals surface area contributed by atoms with Gasteiger partial charge in [-0.25, -0.2) is 13.4 Å². The van der Waals surface area contributed by atoms with E-state index in [0.29, 0.717) is 23.8 Å². The number of hydrogen-bond donors (Lipinski definition) is 0. The molecule has 0 aliphatic heterocycles. The van der Waals surface area contributed by atoms with E-state index in [-0.39, 0.29) is 16.8 Å². The summed E-state index contributed by atoms with van der Waals surface area (Å²) in [6, 6.07) is 12.1. The van der Waals surface area contributed by atoms with Gasteiger partial charge >= 0.3 is 0 Å². The summed E-state index contributed by atoms with van der Waals surface area (Å²) in [5.41, 5.74) is 2.51. The Labute approximate surface area is 200 Å². The van der Waals surface area contributed by atoms with E-state index in [1.165, 1.54) is 27.8 Å². The molecule has 0 unspecified atom stereocenters. The van der Waals surface area contributed by atoms with Crippen LogP contribution in [0, 0.1) is 0 Å². The number of anilines is 1. The smallest absolute Gasteiger partial charge is 0.260 e. The van der Waals surface area contributed by atoms with Crippen LogP contribution in [0.4, 0.5) is 5.13 Å². The van der Waals surface area contributed by atoms with Gasteiger partial charge in [0.15, 0.2) is 5.13 Å². The number of amides is 1. The molecule has 0 atom stereocenters. The topological polar surface area (TPSA) is 73.8 Å². The van der Waals surface area contributed by atoms with Gasteiger partial charge in [0.1, 0.15) is 0 Å². The van der Waals surface area contributed by atoms with Crippen LogP contribution in [0.1, 0.15) is 36.7 Å². The molecule has 0 radical (unpaired) electrons. The van der Waals surface area contributed by atoms with Gasteiger partial charge in [-0.05, 0) is 70.3 Å². The Morgan fingerprint density at radius 3 is 2.27 bits per heavy atom. The van der Waals surface area contributed by atoms with Crippen molar-refractivity contribution < 1.29 is 13.2 Å².